The largest absolute Gasteiger partial charge is 0.417 e. The fraction of sp³-hybridized carbons (Fsp3) is 0.143. The van der Waals surface area contributed by atoms with Crippen LogP contribution < -0.4 is 15.6 Å². The summed E-state index contributed by atoms with van der Waals surface area (Å²) in [4.78, 5) is 26.2. The predicted molar refractivity (Wildman–Crippen MR) is 112 cm³/mol. The van der Waals surface area contributed by atoms with Crippen molar-refractivity contribution in [3.05, 3.63) is 93.4 Å². The number of benzene rings is 2. The number of sulfonamides is 1. The highest BCUT2D eigenvalue weighted by molar-refractivity contribution is 7.89. The third kappa shape index (κ3) is 5.42. The van der Waals surface area contributed by atoms with Crippen LogP contribution in [0.3, 0.4) is 0 Å². The van der Waals surface area contributed by atoms with E-state index in [4.69, 9.17) is 0 Å². The smallest absolute Gasteiger partial charge is 0.327 e. The lowest BCUT2D eigenvalue weighted by Crippen LogP contribution is -2.25. The molecule has 0 radical (unpaired) electrons. The Morgan fingerprint density at radius 2 is 1.75 bits per heavy atom. The van der Waals surface area contributed by atoms with Crippen LogP contribution in [0.15, 0.2) is 70.5 Å². The minimum atomic E-state index is -4.72. The van der Waals surface area contributed by atoms with Crippen LogP contribution >= 0.6 is 0 Å². The SMILES string of the molecule is Cc1ccc(S(=O)(=O)NCc2ccccc2)cc1C(=O)Nc1cc(C(F)(F)F)c[nH]c1=O. The lowest BCUT2D eigenvalue weighted by Gasteiger charge is -2.12. The normalized spacial score (nSPS) is 11.9. The summed E-state index contributed by atoms with van der Waals surface area (Å²) in [5.74, 6) is -0.924. The molecule has 3 aromatic rings. The second-order valence-electron chi connectivity index (χ2n) is 6.87. The number of aryl methyl sites for hydroxylation is 1. The minimum Gasteiger partial charge on any atom is -0.327 e. The van der Waals surface area contributed by atoms with E-state index in [1.54, 1.807) is 30.3 Å². The van der Waals surface area contributed by atoms with Gasteiger partial charge in [0.2, 0.25) is 10.0 Å². The molecule has 2 aromatic carbocycles. The first-order valence-corrected chi connectivity index (χ1v) is 10.7. The summed E-state index contributed by atoms with van der Waals surface area (Å²) in [6, 6.07) is 13.1. The molecule has 1 heterocycles. The van der Waals surface area contributed by atoms with Crippen LogP contribution in [0.5, 0.6) is 0 Å². The lowest BCUT2D eigenvalue weighted by atomic mass is 10.1. The molecule has 0 aliphatic rings. The van der Waals surface area contributed by atoms with Gasteiger partial charge < -0.3 is 10.3 Å². The molecule has 1 amide bonds. The highest BCUT2D eigenvalue weighted by Crippen LogP contribution is 2.29. The molecule has 0 saturated heterocycles. The fourth-order valence-corrected chi connectivity index (χ4v) is 3.84. The van der Waals surface area contributed by atoms with Gasteiger partial charge >= 0.3 is 6.18 Å². The zero-order valence-corrected chi connectivity index (χ0v) is 17.5. The average molecular weight is 465 g/mol. The number of anilines is 1. The Balaban J connectivity index is 1.85. The summed E-state index contributed by atoms with van der Waals surface area (Å²) < 4.78 is 66.4. The summed E-state index contributed by atoms with van der Waals surface area (Å²) in [6.07, 6.45) is -4.23. The number of aromatic amines is 1. The molecule has 168 valence electrons. The number of nitrogens with one attached hydrogen (secondary N) is 3. The molecule has 3 rings (SSSR count). The summed E-state index contributed by atoms with van der Waals surface area (Å²) >= 11 is 0. The van der Waals surface area contributed by atoms with Gasteiger partial charge in [-0.15, -0.1) is 0 Å². The van der Waals surface area contributed by atoms with E-state index in [-0.39, 0.29) is 17.0 Å². The molecule has 0 saturated carbocycles. The average Bonchev–Trinajstić information content (AvgIpc) is 2.74. The Morgan fingerprint density at radius 1 is 1.06 bits per heavy atom. The number of alkyl halides is 3. The van der Waals surface area contributed by atoms with Gasteiger partial charge in [-0.25, -0.2) is 13.1 Å². The van der Waals surface area contributed by atoms with Crippen LogP contribution in [0.25, 0.3) is 0 Å². The quantitative estimate of drug-likeness (QED) is 0.518. The molecule has 0 fully saturated rings. The van der Waals surface area contributed by atoms with Gasteiger partial charge in [-0.3, -0.25) is 9.59 Å². The van der Waals surface area contributed by atoms with E-state index in [9.17, 15) is 31.2 Å². The molecule has 11 heteroatoms. The number of hydrogen-bond donors (Lipinski definition) is 3. The molecular formula is C21H18F3N3O4S. The summed E-state index contributed by atoms with van der Waals surface area (Å²) in [5.41, 5.74) is -1.70. The van der Waals surface area contributed by atoms with Crippen molar-refractivity contribution in [3.8, 4) is 0 Å². The number of carbonyl (C=O) groups is 1. The van der Waals surface area contributed by atoms with Gasteiger partial charge in [0, 0.05) is 18.3 Å². The van der Waals surface area contributed by atoms with E-state index in [2.05, 4.69) is 10.0 Å². The van der Waals surface area contributed by atoms with E-state index < -0.39 is 38.9 Å². The monoisotopic (exact) mass is 465 g/mol. The van der Waals surface area contributed by atoms with E-state index in [0.717, 1.165) is 11.6 Å². The van der Waals surface area contributed by atoms with Gasteiger partial charge in [-0.05, 0) is 36.2 Å². The zero-order chi connectivity index (χ0) is 23.5. The maximum atomic E-state index is 12.9. The molecule has 32 heavy (non-hydrogen) atoms. The third-order valence-electron chi connectivity index (χ3n) is 4.55. The number of aromatic nitrogens is 1. The molecule has 0 spiro atoms. The number of halogens is 3. The van der Waals surface area contributed by atoms with Gasteiger partial charge in [-0.1, -0.05) is 36.4 Å². The molecular weight excluding hydrogens is 447 g/mol. The van der Waals surface area contributed by atoms with Crippen molar-refractivity contribution in [2.24, 2.45) is 0 Å². The van der Waals surface area contributed by atoms with E-state index in [1.807, 2.05) is 4.98 Å². The van der Waals surface area contributed by atoms with Gasteiger partial charge in [0.25, 0.3) is 11.5 Å². The third-order valence-corrected chi connectivity index (χ3v) is 5.95. The molecule has 0 atom stereocenters. The highest BCUT2D eigenvalue weighted by atomic mass is 32.2. The predicted octanol–water partition coefficient (Wildman–Crippen LogP) is 3.43. The van der Waals surface area contributed by atoms with Gasteiger partial charge in [-0.2, -0.15) is 13.2 Å². The van der Waals surface area contributed by atoms with E-state index in [1.165, 1.54) is 19.1 Å². The second kappa shape index (κ2) is 8.97. The van der Waals surface area contributed by atoms with Crippen molar-refractivity contribution in [1.82, 2.24) is 9.71 Å². The maximum Gasteiger partial charge on any atom is 0.417 e. The van der Waals surface area contributed by atoms with Gasteiger partial charge in [0.15, 0.2) is 0 Å². The summed E-state index contributed by atoms with van der Waals surface area (Å²) in [5, 5.41) is 2.12. The van der Waals surface area contributed by atoms with Crippen LogP contribution in [0.2, 0.25) is 0 Å². The number of H-pyrrole nitrogens is 1. The van der Waals surface area contributed by atoms with Crippen molar-refractivity contribution >= 4 is 21.6 Å². The number of pyridine rings is 1. The maximum absolute atomic E-state index is 12.9. The van der Waals surface area contributed by atoms with Crippen LogP contribution in [-0.4, -0.2) is 19.3 Å². The molecule has 0 aliphatic heterocycles. The Kier molecular flexibility index (Phi) is 6.51. The summed E-state index contributed by atoms with van der Waals surface area (Å²) in [6.45, 7) is 1.55. The lowest BCUT2D eigenvalue weighted by molar-refractivity contribution is -0.137. The number of carbonyl (C=O) groups excluding carboxylic acids is 1. The standard InChI is InChI=1S/C21H18F3N3O4S/c1-13-7-8-16(32(30,31)26-11-14-5-3-2-4-6-14)10-17(13)19(28)27-18-9-15(21(22,23)24)12-25-20(18)29/h2-10,12,26H,11H2,1H3,(H,25,29)(H,27,28). The first kappa shape index (κ1) is 23.2. The number of amides is 1. The Morgan fingerprint density at radius 3 is 2.41 bits per heavy atom. The molecule has 0 bridgehead atoms. The van der Waals surface area contributed by atoms with Gasteiger partial charge in [0.1, 0.15) is 5.69 Å². The second-order valence-corrected chi connectivity index (χ2v) is 8.64. The van der Waals surface area contributed by atoms with Gasteiger partial charge in [0.05, 0.1) is 10.5 Å². The molecule has 3 N–H and O–H groups in total. The van der Waals surface area contributed by atoms with Crippen molar-refractivity contribution in [1.29, 1.82) is 0 Å². The number of rotatable bonds is 6. The van der Waals surface area contributed by atoms with E-state index in [0.29, 0.717) is 17.8 Å². The van der Waals surface area contributed by atoms with Crippen LogP contribution in [0.1, 0.15) is 27.0 Å². The fourth-order valence-electron chi connectivity index (χ4n) is 2.80. The minimum absolute atomic E-state index is 0.0260. The Hall–Kier alpha value is -3.44. The van der Waals surface area contributed by atoms with Crippen molar-refractivity contribution in [2.45, 2.75) is 24.5 Å². The number of hydrogen-bond acceptors (Lipinski definition) is 4. The Bertz CT molecular complexity index is 1300. The van der Waals surface area contributed by atoms with Crippen LogP contribution in [0, 0.1) is 6.92 Å². The molecule has 7 nitrogen and oxygen atoms in total. The topological polar surface area (TPSA) is 108 Å². The van der Waals surface area contributed by atoms with Crippen molar-refractivity contribution < 1.29 is 26.4 Å². The first-order chi connectivity index (χ1) is 15.0. The van der Waals surface area contributed by atoms with Crippen LogP contribution in [-0.2, 0) is 22.7 Å². The zero-order valence-electron chi connectivity index (χ0n) is 16.7. The highest BCUT2D eigenvalue weighted by Gasteiger charge is 2.31. The summed E-state index contributed by atoms with van der Waals surface area (Å²) in [7, 11) is -3.99. The molecule has 0 aliphatic carbocycles. The Labute approximate surface area is 181 Å². The van der Waals surface area contributed by atoms with Crippen LogP contribution in [0.4, 0.5) is 18.9 Å². The van der Waals surface area contributed by atoms with Crippen molar-refractivity contribution in [2.75, 3.05) is 5.32 Å². The van der Waals surface area contributed by atoms with Crippen molar-refractivity contribution in [3.63, 3.8) is 0 Å². The van der Waals surface area contributed by atoms with E-state index >= 15 is 0 Å². The first-order valence-electron chi connectivity index (χ1n) is 9.23. The molecule has 1 aromatic heterocycles. The molecule has 0 unspecified atom stereocenters.